The number of aliphatic hydroxyl groups excluding tert-OH is 1. The van der Waals surface area contributed by atoms with E-state index in [-0.39, 0.29) is 5.41 Å². The second kappa shape index (κ2) is 10.4. The van der Waals surface area contributed by atoms with Crippen molar-refractivity contribution in [3.05, 3.63) is 81.8 Å². The van der Waals surface area contributed by atoms with Crippen LogP contribution in [0.15, 0.2) is 60.7 Å². The minimum Gasteiger partial charge on any atom is -0.388 e. The van der Waals surface area contributed by atoms with Gasteiger partial charge in [0.25, 0.3) is 0 Å². The van der Waals surface area contributed by atoms with Crippen molar-refractivity contribution in [1.29, 1.82) is 0 Å². The third kappa shape index (κ3) is 5.43. The van der Waals surface area contributed by atoms with Crippen LogP contribution in [0.3, 0.4) is 0 Å². The molecule has 0 aliphatic heterocycles. The zero-order valence-electron chi connectivity index (χ0n) is 18.9. The summed E-state index contributed by atoms with van der Waals surface area (Å²) in [5, 5.41) is 15.1. The van der Waals surface area contributed by atoms with Crippen molar-refractivity contribution in [3.8, 4) is 0 Å². The summed E-state index contributed by atoms with van der Waals surface area (Å²) in [4.78, 5) is 2.43. The van der Waals surface area contributed by atoms with Gasteiger partial charge in [0.05, 0.1) is 16.1 Å². The Kier molecular flexibility index (Phi) is 8.04. The van der Waals surface area contributed by atoms with E-state index in [1.165, 1.54) is 5.39 Å². The first-order valence-corrected chi connectivity index (χ1v) is 11.9. The molecule has 0 spiro atoms. The quantitative estimate of drug-likeness (QED) is 0.352. The highest BCUT2D eigenvalue weighted by molar-refractivity contribution is 6.42. The molecule has 0 heterocycles. The smallest absolute Gasteiger partial charge is 0.0858 e. The van der Waals surface area contributed by atoms with Gasteiger partial charge in [-0.2, -0.15) is 0 Å². The highest BCUT2D eigenvalue weighted by Gasteiger charge is 2.38. The predicted molar refractivity (Wildman–Crippen MR) is 134 cm³/mol. The lowest BCUT2D eigenvalue weighted by Crippen LogP contribution is -2.43. The topological polar surface area (TPSA) is 23.5 Å². The van der Waals surface area contributed by atoms with E-state index in [0.717, 1.165) is 42.4 Å². The van der Waals surface area contributed by atoms with Crippen LogP contribution in [-0.4, -0.2) is 22.6 Å². The number of hydrogen-bond donors (Lipinski definition) is 1. The molecule has 166 valence electrons. The Labute approximate surface area is 196 Å². The second-order valence-corrected chi connectivity index (χ2v) is 9.64. The summed E-state index contributed by atoms with van der Waals surface area (Å²) in [6, 6.07) is 20.8. The molecule has 1 unspecified atom stereocenters. The van der Waals surface area contributed by atoms with Gasteiger partial charge in [0.2, 0.25) is 0 Å². The summed E-state index contributed by atoms with van der Waals surface area (Å²) in [5.41, 5.74) is 1.87. The van der Waals surface area contributed by atoms with Crippen LogP contribution in [0.4, 0.5) is 0 Å². The maximum Gasteiger partial charge on any atom is 0.0858 e. The van der Waals surface area contributed by atoms with Gasteiger partial charge in [-0.05, 0) is 66.8 Å². The van der Waals surface area contributed by atoms with Crippen LogP contribution in [0.5, 0.6) is 0 Å². The average Bonchev–Trinajstić information content (AvgIpc) is 2.78. The summed E-state index contributed by atoms with van der Waals surface area (Å²) < 4.78 is 0. The molecule has 31 heavy (non-hydrogen) atoms. The van der Waals surface area contributed by atoms with E-state index in [2.05, 4.69) is 62.9 Å². The molecule has 1 atom stereocenters. The molecule has 3 aromatic rings. The normalized spacial score (nSPS) is 13.3. The van der Waals surface area contributed by atoms with Crippen molar-refractivity contribution in [2.24, 2.45) is 5.41 Å². The van der Waals surface area contributed by atoms with E-state index in [9.17, 15) is 5.11 Å². The van der Waals surface area contributed by atoms with Crippen LogP contribution in [0.2, 0.25) is 10.0 Å². The molecule has 0 saturated carbocycles. The zero-order valence-corrected chi connectivity index (χ0v) is 20.4. The Morgan fingerprint density at radius 2 is 1.55 bits per heavy atom. The van der Waals surface area contributed by atoms with Gasteiger partial charge in [0, 0.05) is 24.5 Å². The lowest BCUT2D eigenvalue weighted by Gasteiger charge is -2.42. The largest absolute Gasteiger partial charge is 0.388 e. The summed E-state index contributed by atoms with van der Waals surface area (Å²) in [7, 11) is 0. The molecule has 4 heteroatoms. The molecule has 0 fully saturated rings. The number of hydrogen-bond acceptors (Lipinski definition) is 2. The molecule has 3 rings (SSSR count). The van der Waals surface area contributed by atoms with Gasteiger partial charge >= 0.3 is 0 Å². The molecule has 0 bridgehead atoms. The molecule has 0 amide bonds. The van der Waals surface area contributed by atoms with Crippen molar-refractivity contribution in [2.45, 2.75) is 59.2 Å². The van der Waals surface area contributed by atoms with Gasteiger partial charge in [-0.3, -0.25) is 4.90 Å². The number of halogens is 2. The van der Waals surface area contributed by atoms with E-state index in [0.29, 0.717) is 16.1 Å². The van der Waals surface area contributed by atoms with E-state index in [4.69, 9.17) is 23.2 Å². The van der Waals surface area contributed by atoms with Gasteiger partial charge in [0.1, 0.15) is 0 Å². The van der Waals surface area contributed by atoms with E-state index in [1.807, 2.05) is 30.3 Å². The monoisotopic (exact) mass is 457 g/mol. The third-order valence-corrected chi connectivity index (χ3v) is 7.43. The van der Waals surface area contributed by atoms with Crippen LogP contribution in [0.25, 0.3) is 10.8 Å². The Hall–Kier alpha value is -1.58. The number of fused-ring (bicyclic) bond motifs is 1. The molecule has 0 aromatic heterocycles. The first-order chi connectivity index (χ1) is 14.8. The van der Waals surface area contributed by atoms with Gasteiger partial charge in [-0.15, -0.1) is 0 Å². The maximum atomic E-state index is 11.6. The lowest BCUT2D eigenvalue weighted by atomic mass is 9.73. The van der Waals surface area contributed by atoms with Crippen molar-refractivity contribution < 1.29 is 5.11 Å². The van der Waals surface area contributed by atoms with Crippen LogP contribution >= 0.6 is 23.2 Å². The van der Waals surface area contributed by atoms with Crippen LogP contribution in [0, 0.1) is 5.41 Å². The Bertz CT molecular complexity index is 1010. The van der Waals surface area contributed by atoms with Gasteiger partial charge in [-0.1, -0.05) is 79.5 Å². The molecule has 2 nitrogen and oxygen atoms in total. The summed E-state index contributed by atoms with van der Waals surface area (Å²) in [5.74, 6) is 0. The van der Waals surface area contributed by atoms with Crippen molar-refractivity contribution in [3.63, 3.8) is 0 Å². The Balaban J connectivity index is 1.90. The van der Waals surface area contributed by atoms with Crippen molar-refractivity contribution in [1.82, 2.24) is 4.90 Å². The fourth-order valence-corrected chi connectivity index (χ4v) is 4.70. The Morgan fingerprint density at radius 3 is 2.16 bits per heavy atom. The van der Waals surface area contributed by atoms with Crippen LogP contribution < -0.4 is 0 Å². The van der Waals surface area contributed by atoms with E-state index in [1.54, 1.807) is 0 Å². The fourth-order valence-electron chi connectivity index (χ4n) is 4.38. The summed E-state index contributed by atoms with van der Waals surface area (Å²) >= 11 is 12.4. The lowest BCUT2D eigenvalue weighted by molar-refractivity contribution is -0.0202. The fraction of sp³-hybridized carbons (Fsp3) is 0.407. The summed E-state index contributed by atoms with van der Waals surface area (Å²) in [6.45, 7) is 10.3. The predicted octanol–water partition coefficient (Wildman–Crippen LogP) is 7.90. The number of nitrogens with zero attached hydrogens (tertiary/aromatic N) is 1. The van der Waals surface area contributed by atoms with E-state index < -0.39 is 6.10 Å². The standard InChI is InChI=1S/C27H33Cl2NO/c1-5-27(6-2,26(31)23-13-12-21-9-7-8-10-22(21)16-23)18-30(19(3)4)17-20-11-14-24(28)25(29)15-20/h7-16,19,26,31H,5-6,17-18H2,1-4H3. The first kappa shape index (κ1) is 24.1. The highest BCUT2D eigenvalue weighted by Crippen LogP contribution is 2.42. The minimum atomic E-state index is -0.540. The van der Waals surface area contributed by atoms with Gasteiger partial charge in [-0.25, -0.2) is 0 Å². The molecule has 1 N–H and O–H groups in total. The minimum absolute atomic E-state index is 0.247. The van der Waals surface area contributed by atoms with Gasteiger partial charge in [0.15, 0.2) is 0 Å². The molecule has 3 aromatic carbocycles. The maximum absolute atomic E-state index is 11.6. The third-order valence-electron chi connectivity index (χ3n) is 6.70. The average molecular weight is 458 g/mol. The zero-order chi connectivity index (χ0) is 22.6. The molecular weight excluding hydrogens is 425 g/mol. The molecule has 0 aliphatic rings. The first-order valence-electron chi connectivity index (χ1n) is 11.1. The van der Waals surface area contributed by atoms with Crippen LogP contribution in [-0.2, 0) is 6.54 Å². The number of rotatable bonds is 9. The van der Waals surface area contributed by atoms with Crippen LogP contribution in [0.1, 0.15) is 57.8 Å². The summed E-state index contributed by atoms with van der Waals surface area (Å²) in [6.07, 6.45) is 1.24. The van der Waals surface area contributed by atoms with Crippen molar-refractivity contribution >= 4 is 34.0 Å². The SMILES string of the molecule is CCC(CC)(CN(Cc1ccc(Cl)c(Cl)c1)C(C)C)C(O)c1ccc2ccccc2c1. The van der Waals surface area contributed by atoms with Crippen molar-refractivity contribution in [2.75, 3.05) is 6.54 Å². The Morgan fingerprint density at radius 1 is 0.871 bits per heavy atom. The number of benzene rings is 3. The second-order valence-electron chi connectivity index (χ2n) is 8.83. The molecular formula is C27H33Cl2NO. The highest BCUT2D eigenvalue weighted by atomic mass is 35.5. The number of aliphatic hydroxyl groups is 1. The van der Waals surface area contributed by atoms with E-state index >= 15 is 0 Å². The molecule has 0 aliphatic carbocycles. The molecule has 0 radical (unpaired) electrons. The molecule has 0 saturated heterocycles. The van der Waals surface area contributed by atoms with Gasteiger partial charge < -0.3 is 5.11 Å².